The third kappa shape index (κ3) is 4.18. The van der Waals surface area contributed by atoms with Gasteiger partial charge in [0.25, 0.3) is 11.5 Å². The van der Waals surface area contributed by atoms with Gasteiger partial charge in [-0.25, -0.2) is 13.4 Å². The van der Waals surface area contributed by atoms with E-state index in [1.807, 2.05) is 13.0 Å². The predicted octanol–water partition coefficient (Wildman–Crippen LogP) is 2.63. The molecule has 0 aromatic carbocycles. The summed E-state index contributed by atoms with van der Waals surface area (Å²) in [5, 5.41) is 0. The Morgan fingerprint density at radius 2 is 1.94 bits per heavy atom. The number of amides is 1. The number of piperidine rings is 1. The van der Waals surface area contributed by atoms with Crippen LogP contribution >= 0.6 is 24.0 Å². The molecule has 3 aliphatic heterocycles. The molecule has 0 aliphatic carbocycles. The Balaban J connectivity index is 1.60. The maximum absolute atomic E-state index is 13.6. The van der Waals surface area contributed by atoms with Gasteiger partial charge in [-0.3, -0.25) is 18.9 Å². The van der Waals surface area contributed by atoms with Crippen LogP contribution in [-0.4, -0.2) is 63.6 Å². The third-order valence-corrected chi connectivity index (χ3v) is 9.90. The first kappa shape index (κ1) is 23.5. The summed E-state index contributed by atoms with van der Waals surface area (Å²) in [5.74, 6) is 0.829. The fourth-order valence-electron chi connectivity index (χ4n) is 4.79. The molecule has 1 atom stereocenters. The van der Waals surface area contributed by atoms with Gasteiger partial charge in [0, 0.05) is 19.3 Å². The average Bonchev–Trinajstić information content (AvgIpc) is 3.28. The van der Waals surface area contributed by atoms with Crippen molar-refractivity contribution in [1.82, 2.24) is 14.3 Å². The molecule has 11 heteroatoms. The maximum Gasteiger partial charge on any atom is 0.267 e. The zero-order valence-electron chi connectivity index (χ0n) is 19.1. The van der Waals surface area contributed by atoms with Crippen LogP contribution < -0.4 is 10.5 Å². The fourth-order valence-corrected chi connectivity index (χ4v) is 7.87. The number of aromatic nitrogens is 2. The van der Waals surface area contributed by atoms with Gasteiger partial charge in [-0.15, -0.1) is 0 Å². The van der Waals surface area contributed by atoms with E-state index in [-0.39, 0.29) is 23.0 Å². The van der Waals surface area contributed by atoms with E-state index < -0.39 is 15.9 Å². The molecule has 0 spiro atoms. The highest BCUT2D eigenvalue weighted by atomic mass is 32.2. The number of carbonyl (C=O) groups excluding carboxylic acids is 1. The summed E-state index contributed by atoms with van der Waals surface area (Å²) in [6, 6.07) is 3.27. The van der Waals surface area contributed by atoms with Crippen molar-refractivity contribution in [2.24, 2.45) is 5.92 Å². The summed E-state index contributed by atoms with van der Waals surface area (Å²) >= 11 is 6.56. The molecule has 0 radical (unpaired) electrons. The summed E-state index contributed by atoms with van der Waals surface area (Å²) in [7, 11) is -3.17. The molecule has 3 aliphatic rings. The zero-order valence-corrected chi connectivity index (χ0v) is 21.5. The van der Waals surface area contributed by atoms with E-state index in [1.165, 1.54) is 9.30 Å². The highest BCUT2D eigenvalue weighted by molar-refractivity contribution is 8.26. The smallest absolute Gasteiger partial charge is 0.267 e. The number of hydrogen-bond donors (Lipinski definition) is 0. The molecular weight excluding hydrogens is 492 g/mol. The van der Waals surface area contributed by atoms with Crippen LogP contribution in [0, 0.1) is 12.8 Å². The van der Waals surface area contributed by atoms with Gasteiger partial charge < -0.3 is 4.90 Å². The Hall–Kier alpha value is -2.24. The van der Waals surface area contributed by atoms with Crippen molar-refractivity contribution in [1.29, 1.82) is 0 Å². The number of nitrogens with zero attached hydrogens (tertiary/aromatic N) is 4. The van der Waals surface area contributed by atoms with Crippen molar-refractivity contribution < 1.29 is 13.2 Å². The lowest BCUT2D eigenvalue weighted by Crippen LogP contribution is -2.39. The van der Waals surface area contributed by atoms with Crippen LogP contribution in [0.3, 0.4) is 0 Å². The van der Waals surface area contributed by atoms with Crippen LogP contribution in [0.4, 0.5) is 5.82 Å². The van der Waals surface area contributed by atoms with E-state index in [9.17, 15) is 18.0 Å². The molecule has 1 unspecified atom stereocenters. The average molecular weight is 519 g/mol. The Kier molecular flexibility index (Phi) is 6.06. The lowest BCUT2D eigenvalue weighted by atomic mass is 9.99. The molecule has 0 N–H and O–H groups in total. The number of carbonyl (C=O) groups is 1. The van der Waals surface area contributed by atoms with Gasteiger partial charge in [0.1, 0.15) is 15.8 Å². The monoisotopic (exact) mass is 518 g/mol. The molecular formula is C23H26N4O4S3. The number of rotatable bonds is 3. The number of sulfone groups is 1. The summed E-state index contributed by atoms with van der Waals surface area (Å²) in [5.41, 5.74) is 1.61. The molecule has 0 bridgehead atoms. The molecule has 3 saturated heterocycles. The third-order valence-electron chi connectivity index (χ3n) is 6.82. The Labute approximate surface area is 207 Å². The lowest BCUT2D eigenvalue weighted by Gasteiger charge is -2.32. The highest BCUT2D eigenvalue weighted by Crippen LogP contribution is 2.37. The van der Waals surface area contributed by atoms with Crippen molar-refractivity contribution >= 4 is 61.6 Å². The molecule has 180 valence electrons. The Morgan fingerprint density at radius 3 is 2.62 bits per heavy atom. The highest BCUT2D eigenvalue weighted by Gasteiger charge is 2.42. The molecule has 5 heterocycles. The number of pyridine rings is 1. The van der Waals surface area contributed by atoms with E-state index in [0.29, 0.717) is 38.6 Å². The van der Waals surface area contributed by atoms with Gasteiger partial charge in [-0.2, -0.15) is 0 Å². The van der Waals surface area contributed by atoms with Gasteiger partial charge >= 0.3 is 0 Å². The van der Waals surface area contributed by atoms with Gasteiger partial charge in [-0.1, -0.05) is 37.0 Å². The van der Waals surface area contributed by atoms with Crippen LogP contribution in [0.15, 0.2) is 28.0 Å². The number of fused-ring (bicyclic) bond motifs is 1. The Morgan fingerprint density at radius 1 is 1.21 bits per heavy atom. The topological polar surface area (TPSA) is 92.1 Å². The second-order valence-corrected chi connectivity index (χ2v) is 13.2. The van der Waals surface area contributed by atoms with E-state index in [2.05, 4.69) is 11.8 Å². The summed E-state index contributed by atoms with van der Waals surface area (Å²) < 4.78 is 25.8. The van der Waals surface area contributed by atoms with Crippen molar-refractivity contribution in [3.63, 3.8) is 0 Å². The molecule has 1 amide bonds. The first-order valence-corrected chi connectivity index (χ1v) is 14.4. The normalized spacial score (nSPS) is 24.6. The van der Waals surface area contributed by atoms with Gasteiger partial charge in [0.05, 0.1) is 28.0 Å². The molecule has 5 rings (SSSR count). The number of thioether (sulfide) groups is 1. The van der Waals surface area contributed by atoms with Crippen molar-refractivity contribution in [2.45, 2.75) is 39.2 Å². The summed E-state index contributed by atoms with van der Waals surface area (Å²) in [6.45, 7) is 5.72. The van der Waals surface area contributed by atoms with Crippen LogP contribution in [0.25, 0.3) is 11.7 Å². The molecule has 0 saturated carbocycles. The quantitative estimate of drug-likeness (QED) is 0.452. The number of aryl methyl sites for hydroxylation is 1. The number of hydrogen-bond acceptors (Lipinski definition) is 8. The minimum atomic E-state index is -3.17. The van der Waals surface area contributed by atoms with Crippen molar-refractivity contribution in [3.8, 4) is 0 Å². The number of anilines is 1. The van der Waals surface area contributed by atoms with Gasteiger partial charge in [0.15, 0.2) is 9.84 Å². The predicted molar refractivity (Wildman–Crippen MR) is 139 cm³/mol. The van der Waals surface area contributed by atoms with Crippen molar-refractivity contribution in [3.05, 3.63) is 44.7 Å². The molecule has 8 nitrogen and oxygen atoms in total. The summed E-state index contributed by atoms with van der Waals surface area (Å²) in [6.07, 6.45) is 5.67. The largest absolute Gasteiger partial charge is 0.356 e. The standard InChI is InChI=1S/C23H26N4O4S3/c1-14-5-9-25(10-6-14)20-17(21(28)26-8-3-4-15(2)19(26)24-20)12-18-22(29)27(23(32)33-18)16-7-11-34(30,31)13-16/h3-4,8,12,14,16H,5-7,9-11,13H2,1-2H3/b18-12+. The second-order valence-electron chi connectivity index (χ2n) is 9.32. The van der Waals surface area contributed by atoms with Crippen LogP contribution in [-0.2, 0) is 14.6 Å². The molecule has 34 heavy (non-hydrogen) atoms. The first-order chi connectivity index (χ1) is 16.1. The minimum absolute atomic E-state index is 0.0561. The maximum atomic E-state index is 13.6. The summed E-state index contributed by atoms with van der Waals surface area (Å²) in [4.78, 5) is 35.7. The van der Waals surface area contributed by atoms with Gasteiger partial charge in [-0.05, 0) is 49.8 Å². The molecule has 2 aromatic heterocycles. The minimum Gasteiger partial charge on any atom is -0.356 e. The molecule has 3 fully saturated rings. The zero-order chi connectivity index (χ0) is 24.2. The van der Waals surface area contributed by atoms with Crippen LogP contribution in [0.1, 0.15) is 37.3 Å². The SMILES string of the molecule is Cc1cccn2c(=O)c(/C=C3/SC(=S)N(C4CCS(=O)(=O)C4)C3=O)c(N3CCC(C)CC3)nc12. The van der Waals surface area contributed by atoms with Crippen LogP contribution in [0.5, 0.6) is 0 Å². The number of thiocarbonyl (C=S) groups is 1. The lowest BCUT2D eigenvalue weighted by molar-refractivity contribution is -0.123. The van der Waals surface area contributed by atoms with E-state index >= 15 is 0 Å². The van der Waals surface area contributed by atoms with Gasteiger partial charge in [0.2, 0.25) is 0 Å². The van der Waals surface area contributed by atoms with E-state index in [0.717, 1.165) is 43.3 Å². The first-order valence-electron chi connectivity index (χ1n) is 11.4. The second kappa shape index (κ2) is 8.76. The Bertz CT molecular complexity index is 1390. The fraction of sp³-hybridized carbons (Fsp3) is 0.478. The van der Waals surface area contributed by atoms with E-state index in [4.69, 9.17) is 17.2 Å². The van der Waals surface area contributed by atoms with Crippen molar-refractivity contribution in [2.75, 3.05) is 29.5 Å². The van der Waals surface area contributed by atoms with Crippen LogP contribution in [0.2, 0.25) is 0 Å². The molecule has 2 aromatic rings. The van der Waals surface area contributed by atoms with E-state index in [1.54, 1.807) is 18.3 Å².